The van der Waals surface area contributed by atoms with Crippen LogP contribution in [-0.2, 0) is 13.0 Å². The second-order valence-electron chi connectivity index (χ2n) is 5.50. The molecule has 0 unspecified atom stereocenters. The largest absolute Gasteiger partial charge is 0.467 e. The topological polar surface area (TPSA) is 65.7 Å². The van der Waals surface area contributed by atoms with Gasteiger partial charge in [0.2, 0.25) is 0 Å². The Balaban J connectivity index is 1.41. The molecule has 0 aliphatic carbocycles. The fourth-order valence-corrected chi connectivity index (χ4v) is 3.49. The average molecular weight is 333 g/mol. The molecule has 0 amide bonds. The third-order valence-corrected chi connectivity index (χ3v) is 4.77. The standard InChI is InChI=1S/C16H23N5OS/c1-17-15(19-11-14-5-4-10-22-14)18-7-6-13-12-23-16(20-13)21-8-2-3-9-21/h4-5,10,12H,2-3,6-9,11H2,1H3,(H2,17,18,19). The van der Waals surface area contributed by atoms with Gasteiger partial charge in [0.25, 0.3) is 0 Å². The number of nitrogens with one attached hydrogen (secondary N) is 2. The molecule has 0 bridgehead atoms. The van der Waals surface area contributed by atoms with E-state index in [4.69, 9.17) is 9.40 Å². The van der Waals surface area contributed by atoms with Gasteiger partial charge in [0.15, 0.2) is 11.1 Å². The molecule has 7 heteroatoms. The van der Waals surface area contributed by atoms with E-state index in [1.54, 1.807) is 24.6 Å². The number of guanidine groups is 1. The summed E-state index contributed by atoms with van der Waals surface area (Å²) in [6, 6.07) is 3.82. The Bertz CT molecular complexity index is 616. The summed E-state index contributed by atoms with van der Waals surface area (Å²) < 4.78 is 5.30. The van der Waals surface area contributed by atoms with E-state index in [-0.39, 0.29) is 0 Å². The number of thiazole rings is 1. The molecule has 1 saturated heterocycles. The summed E-state index contributed by atoms with van der Waals surface area (Å²) in [7, 11) is 1.77. The van der Waals surface area contributed by atoms with Gasteiger partial charge in [-0.25, -0.2) is 4.98 Å². The SMILES string of the molecule is CN=C(NCCc1csc(N2CCCC2)n1)NCc1ccco1. The quantitative estimate of drug-likeness (QED) is 0.627. The molecule has 0 atom stereocenters. The minimum atomic E-state index is 0.627. The summed E-state index contributed by atoms with van der Waals surface area (Å²) >= 11 is 1.75. The number of furan rings is 1. The van der Waals surface area contributed by atoms with Crippen LogP contribution in [0.1, 0.15) is 24.3 Å². The highest BCUT2D eigenvalue weighted by molar-refractivity contribution is 7.13. The average Bonchev–Trinajstić information content (AvgIpc) is 3.32. The molecular formula is C16H23N5OS. The van der Waals surface area contributed by atoms with Crippen LogP contribution in [0.25, 0.3) is 0 Å². The normalized spacial score (nSPS) is 15.2. The molecule has 1 aliphatic rings. The second kappa shape index (κ2) is 8.01. The maximum atomic E-state index is 5.30. The Hall–Kier alpha value is -2.02. The van der Waals surface area contributed by atoms with Crippen molar-refractivity contribution in [2.45, 2.75) is 25.8 Å². The Morgan fingerprint density at radius 2 is 2.26 bits per heavy atom. The lowest BCUT2D eigenvalue weighted by molar-refractivity contribution is 0.501. The molecule has 2 aromatic heterocycles. The molecule has 1 aliphatic heterocycles. The highest BCUT2D eigenvalue weighted by atomic mass is 32.1. The molecule has 2 N–H and O–H groups in total. The number of hydrogen-bond donors (Lipinski definition) is 2. The van der Waals surface area contributed by atoms with E-state index in [1.165, 1.54) is 12.8 Å². The van der Waals surface area contributed by atoms with Crippen molar-refractivity contribution in [3.63, 3.8) is 0 Å². The maximum absolute atomic E-state index is 5.30. The minimum absolute atomic E-state index is 0.627. The van der Waals surface area contributed by atoms with Gasteiger partial charge in [-0.3, -0.25) is 4.99 Å². The zero-order valence-corrected chi connectivity index (χ0v) is 14.2. The first kappa shape index (κ1) is 15.9. The van der Waals surface area contributed by atoms with Crippen LogP contribution in [0, 0.1) is 0 Å². The maximum Gasteiger partial charge on any atom is 0.191 e. The van der Waals surface area contributed by atoms with Crippen LogP contribution in [0.15, 0.2) is 33.2 Å². The molecule has 3 heterocycles. The van der Waals surface area contributed by atoms with Gasteiger partial charge in [-0.1, -0.05) is 0 Å². The van der Waals surface area contributed by atoms with Crippen molar-refractivity contribution in [3.8, 4) is 0 Å². The van der Waals surface area contributed by atoms with Gasteiger partial charge in [-0.15, -0.1) is 11.3 Å². The fraction of sp³-hybridized carbons (Fsp3) is 0.500. The fourth-order valence-electron chi connectivity index (χ4n) is 2.58. The first-order valence-corrected chi connectivity index (χ1v) is 8.89. The third kappa shape index (κ3) is 4.48. The van der Waals surface area contributed by atoms with Gasteiger partial charge in [-0.2, -0.15) is 0 Å². The van der Waals surface area contributed by atoms with Gasteiger partial charge in [0, 0.05) is 38.5 Å². The Morgan fingerprint density at radius 3 is 3.00 bits per heavy atom. The highest BCUT2D eigenvalue weighted by Gasteiger charge is 2.15. The molecule has 0 aromatic carbocycles. The molecule has 3 rings (SSSR count). The van der Waals surface area contributed by atoms with Crippen molar-refractivity contribution >= 4 is 22.4 Å². The van der Waals surface area contributed by atoms with Crippen molar-refractivity contribution in [1.29, 1.82) is 0 Å². The van der Waals surface area contributed by atoms with E-state index in [9.17, 15) is 0 Å². The van der Waals surface area contributed by atoms with Crippen molar-refractivity contribution in [1.82, 2.24) is 15.6 Å². The predicted molar refractivity (Wildman–Crippen MR) is 94.2 cm³/mol. The summed E-state index contributed by atoms with van der Waals surface area (Å²) in [4.78, 5) is 11.3. The molecule has 2 aromatic rings. The van der Waals surface area contributed by atoms with Crippen LogP contribution in [0.2, 0.25) is 0 Å². The van der Waals surface area contributed by atoms with E-state index in [0.29, 0.717) is 6.54 Å². The lowest BCUT2D eigenvalue weighted by atomic mass is 10.3. The Labute approximate surface area is 140 Å². The van der Waals surface area contributed by atoms with Gasteiger partial charge in [0.1, 0.15) is 5.76 Å². The minimum Gasteiger partial charge on any atom is -0.467 e. The number of hydrogen-bond acceptors (Lipinski definition) is 5. The van der Waals surface area contributed by atoms with Crippen molar-refractivity contribution in [3.05, 3.63) is 35.2 Å². The first-order valence-electron chi connectivity index (χ1n) is 8.01. The second-order valence-corrected chi connectivity index (χ2v) is 6.33. The van der Waals surface area contributed by atoms with Crippen molar-refractivity contribution in [2.24, 2.45) is 4.99 Å². The highest BCUT2D eigenvalue weighted by Crippen LogP contribution is 2.24. The molecule has 23 heavy (non-hydrogen) atoms. The van der Waals surface area contributed by atoms with Crippen LogP contribution in [0.5, 0.6) is 0 Å². The van der Waals surface area contributed by atoms with Crippen LogP contribution < -0.4 is 15.5 Å². The van der Waals surface area contributed by atoms with Crippen LogP contribution in [0.4, 0.5) is 5.13 Å². The van der Waals surface area contributed by atoms with E-state index in [2.05, 4.69) is 25.9 Å². The lowest BCUT2D eigenvalue weighted by Crippen LogP contribution is -2.37. The van der Waals surface area contributed by atoms with Crippen LogP contribution in [0.3, 0.4) is 0 Å². The molecule has 1 fully saturated rings. The zero-order valence-electron chi connectivity index (χ0n) is 13.4. The molecule has 0 spiro atoms. The zero-order chi connectivity index (χ0) is 15.9. The smallest absolute Gasteiger partial charge is 0.191 e. The Kier molecular flexibility index (Phi) is 5.52. The summed E-state index contributed by atoms with van der Waals surface area (Å²) in [6.45, 7) is 3.73. The Morgan fingerprint density at radius 1 is 1.39 bits per heavy atom. The molecule has 0 radical (unpaired) electrons. The first-order chi connectivity index (χ1) is 11.3. The van der Waals surface area contributed by atoms with Crippen molar-refractivity contribution < 1.29 is 4.42 Å². The molecular weight excluding hydrogens is 310 g/mol. The lowest BCUT2D eigenvalue weighted by Gasteiger charge is -2.12. The number of anilines is 1. The summed E-state index contributed by atoms with van der Waals surface area (Å²) in [5.41, 5.74) is 1.14. The third-order valence-electron chi connectivity index (χ3n) is 3.82. The number of aromatic nitrogens is 1. The van der Waals surface area contributed by atoms with E-state index in [1.807, 2.05) is 12.1 Å². The predicted octanol–water partition coefficient (Wildman–Crippen LogP) is 2.24. The van der Waals surface area contributed by atoms with E-state index >= 15 is 0 Å². The summed E-state index contributed by atoms with van der Waals surface area (Å²) in [5, 5.41) is 9.86. The monoisotopic (exact) mass is 333 g/mol. The summed E-state index contributed by atoms with van der Waals surface area (Å²) in [5.74, 6) is 1.67. The molecule has 0 saturated carbocycles. The van der Waals surface area contributed by atoms with Gasteiger partial charge in [0.05, 0.1) is 18.5 Å². The van der Waals surface area contributed by atoms with Gasteiger partial charge >= 0.3 is 0 Å². The van der Waals surface area contributed by atoms with Gasteiger partial charge in [-0.05, 0) is 25.0 Å². The number of nitrogens with zero attached hydrogens (tertiary/aromatic N) is 3. The molecule has 6 nitrogen and oxygen atoms in total. The van der Waals surface area contributed by atoms with E-state index < -0.39 is 0 Å². The van der Waals surface area contributed by atoms with Crippen LogP contribution in [-0.4, -0.2) is 37.6 Å². The number of rotatable bonds is 6. The van der Waals surface area contributed by atoms with Crippen LogP contribution >= 0.6 is 11.3 Å². The van der Waals surface area contributed by atoms with E-state index in [0.717, 1.165) is 48.6 Å². The molecule has 124 valence electrons. The summed E-state index contributed by atoms with van der Waals surface area (Å²) in [6.07, 6.45) is 5.14. The number of aliphatic imine (C=N–C) groups is 1. The van der Waals surface area contributed by atoms with Crippen molar-refractivity contribution in [2.75, 3.05) is 31.6 Å². The van der Waals surface area contributed by atoms with Gasteiger partial charge < -0.3 is 20.0 Å².